The fourth-order valence-corrected chi connectivity index (χ4v) is 5.51. The normalized spacial score (nSPS) is 15.9. The predicted octanol–water partition coefficient (Wildman–Crippen LogP) is 9.49. The lowest BCUT2D eigenvalue weighted by atomic mass is 9.93. The number of halogens is 6. The van der Waals surface area contributed by atoms with Crippen molar-refractivity contribution in [2.24, 2.45) is 0 Å². The highest BCUT2D eigenvalue weighted by molar-refractivity contribution is 5.77. The Morgan fingerprint density at radius 2 is 1.22 bits per heavy atom. The van der Waals surface area contributed by atoms with Crippen LogP contribution in [0.1, 0.15) is 64.8 Å². The number of benzene rings is 3. The number of alkyl halides is 6. The van der Waals surface area contributed by atoms with Crippen LogP contribution in [-0.4, -0.2) is 0 Å². The number of aryl methyl sites for hydroxylation is 2. The van der Waals surface area contributed by atoms with E-state index in [9.17, 15) is 26.3 Å². The van der Waals surface area contributed by atoms with Gasteiger partial charge in [-0.2, -0.15) is 26.3 Å². The minimum Gasteiger partial charge on any atom is -0.166 e. The van der Waals surface area contributed by atoms with Gasteiger partial charge in [0.2, 0.25) is 0 Å². The van der Waals surface area contributed by atoms with E-state index in [-0.39, 0.29) is 11.6 Å². The molecule has 0 radical (unpaired) electrons. The van der Waals surface area contributed by atoms with Crippen LogP contribution in [0.3, 0.4) is 0 Å². The first-order valence-electron chi connectivity index (χ1n) is 12.3. The van der Waals surface area contributed by atoms with Gasteiger partial charge in [-0.3, -0.25) is 0 Å². The van der Waals surface area contributed by atoms with Crippen molar-refractivity contribution >= 4 is 12.2 Å². The van der Waals surface area contributed by atoms with Gasteiger partial charge in [0.15, 0.2) is 0 Å². The molecule has 0 aromatic heterocycles. The molecule has 0 nitrogen and oxygen atoms in total. The van der Waals surface area contributed by atoms with Crippen molar-refractivity contribution < 1.29 is 26.3 Å². The Balaban J connectivity index is 0.000000179. The van der Waals surface area contributed by atoms with Gasteiger partial charge in [0, 0.05) is 0 Å². The summed E-state index contributed by atoms with van der Waals surface area (Å²) >= 11 is 0. The smallest absolute Gasteiger partial charge is 0.166 e. The highest BCUT2D eigenvalue weighted by atomic mass is 19.4. The molecule has 0 N–H and O–H groups in total. The van der Waals surface area contributed by atoms with Gasteiger partial charge in [0.25, 0.3) is 0 Å². The molecule has 0 unspecified atom stereocenters. The van der Waals surface area contributed by atoms with E-state index in [1.165, 1.54) is 36.8 Å². The SMILES string of the molecule is CC1=Cc2cc3c(cc2C1)CCC3.CC1=Cc2cccc(-c3cc(C(F)(F)F)cc(C(F)(F)F)c3)c2C1. The molecule has 0 fully saturated rings. The third kappa shape index (κ3) is 5.25. The summed E-state index contributed by atoms with van der Waals surface area (Å²) in [7, 11) is 0. The monoisotopic (exact) mass is 512 g/mol. The molecule has 3 aliphatic rings. The molecule has 37 heavy (non-hydrogen) atoms. The Kier molecular flexibility index (Phi) is 6.33. The summed E-state index contributed by atoms with van der Waals surface area (Å²) in [5.74, 6) is 0. The molecular weight excluding hydrogens is 486 g/mol. The summed E-state index contributed by atoms with van der Waals surface area (Å²) in [5, 5.41) is 0. The third-order valence-electron chi connectivity index (χ3n) is 7.19. The molecule has 0 amide bonds. The summed E-state index contributed by atoms with van der Waals surface area (Å²) in [6.45, 7) is 4.10. The summed E-state index contributed by atoms with van der Waals surface area (Å²) in [4.78, 5) is 0. The fourth-order valence-electron chi connectivity index (χ4n) is 5.51. The lowest BCUT2D eigenvalue weighted by molar-refractivity contribution is -0.143. The second-order valence-electron chi connectivity index (χ2n) is 10.2. The van der Waals surface area contributed by atoms with Crippen LogP contribution in [0.2, 0.25) is 0 Å². The summed E-state index contributed by atoms with van der Waals surface area (Å²) in [6.07, 6.45) is 0.207. The number of allylic oxidation sites excluding steroid dienone is 2. The van der Waals surface area contributed by atoms with Gasteiger partial charge in [-0.15, -0.1) is 0 Å². The average Bonchev–Trinajstić information content (AvgIpc) is 3.52. The Labute approximate surface area is 212 Å². The maximum Gasteiger partial charge on any atom is 0.416 e. The molecule has 0 heterocycles. The Morgan fingerprint density at radius 1 is 0.622 bits per heavy atom. The van der Waals surface area contributed by atoms with Gasteiger partial charge >= 0.3 is 12.4 Å². The van der Waals surface area contributed by atoms with Crippen LogP contribution < -0.4 is 0 Å². The van der Waals surface area contributed by atoms with Crippen LogP contribution >= 0.6 is 0 Å². The minimum absolute atomic E-state index is 0.0721. The highest BCUT2D eigenvalue weighted by Gasteiger charge is 2.37. The predicted molar refractivity (Wildman–Crippen MR) is 135 cm³/mol. The van der Waals surface area contributed by atoms with E-state index in [0.29, 0.717) is 12.0 Å². The standard InChI is InChI=1S/C18H12F6.C13H14/c1-10-5-11-3-2-4-15(16(11)6-10)12-7-13(17(19,20)21)9-14(8-12)18(22,23)24;1-9-5-12-7-10-3-2-4-11(10)8-13(12)6-9/h2-5,7-9H,6H2,1H3;5,7-8H,2-4,6H2,1H3. The molecular formula is C31H26F6. The van der Waals surface area contributed by atoms with Crippen molar-refractivity contribution in [1.29, 1.82) is 0 Å². The Hall–Kier alpha value is -3.28. The zero-order valence-corrected chi connectivity index (χ0v) is 20.6. The van der Waals surface area contributed by atoms with E-state index in [0.717, 1.165) is 28.8 Å². The van der Waals surface area contributed by atoms with Crippen molar-refractivity contribution in [3.8, 4) is 11.1 Å². The number of rotatable bonds is 1. The van der Waals surface area contributed by atoms with Crippen LogP contribution in [0.4, 0.5) is 26.3 Å². The van der Waals surface area contributed by atoms with E-state index in [2.05, 4.69) is 25.1 Å². The third-order valence-corrected chi connectivity index (χ3v) is 7.19. The quantitative estimate of drug-likeness (QED) is 0.285. The largest absolute Gasteiger partial charge is 0.416 e. The molecule has 0 saturated carbocycles. The first-order chi connectivity index (χ1) is 17.4. The number of fused-ring (bicyclic) bond motifs is 3. The van der Waals surface area contributed by atoms with E-state index in [1.54, 1.807) is 34.9 Å². The Bertz CT molecular complexity index is 1400. The summed E-state index contributed by atoms with van der Waals surface area (Å²) in [6, 6.07) is 11.5. The van der Waals surface area contributed by atoms with Crippen LogP contribution in [-0.2, 0) is 38.0 Å². The van der Waals surface area contributed by atoms with Crippen molar-refractivity contribution in [3.63, 3.8) is 0 Å². The highest BCUT2D eigenvalue weighted by Crippen LogP contribution is 2.41. The molecule has 0 bridgehead atoms. The van der Waals surface area contributed by atoms with E-state index in [1.807, 2.05) is 13.0 Å². The molecule has 6 rings (SSSR count). The minimum atomic E-state index is -4.85. The van der Waals surface area contributed by atoms with Crippen molar-refractivity contribution in [1.82, 2.24) is 0 Å². The second-order valence-corrected chi connectivity index (χ2v) is 10.2. The molecule has 0 atom stereocenters. The average molecular weight is 513 g/mol. The zero-order chi connectivity index (χ0) is 26.5. The van der Waals surface area contributed by atoms with Crippen molar-refractivity contribution in [2.45, 2.75) is 58.3 Å². The lowest BCUT2D eigenvalue weighted by Crippen LogP contribution is -2.11. The van der Waals surface area contributed by atoms with Crippen molar-refractivity contribution in [2.75, 3.05) is 0 Å². The van der Waals surface area contributed by atoms with Crippen LogP contribution in [0, 0.1) is 0 Å². The number of hydrogen-bond acceptors (Lipinski definition) is 0. The van der Waals surface area contributed by atoms with Crippen molar-refractivity contribution in [3.05, 3.63) is 104 Å². The van der Waals surface area contributed by atoms with E-state index < -0.39 is 23.5 Å². The first-order valence-corrected chi connectivity index (χ1v) is 12.3. The zero-order valence-electron chi connectivity index (χ0n) is 20.6. The molecule has 0 saturated heterocycles. The van der Waals surface area contributed by atoms with Gasteiger partial charge in [-0.25, -0.2) is 0 Å². The molecule has 0 aliphatic heterocycles. The number of hydrogen-bond donors (Lipinski definition) is 0. The Morgan fingerprint density at radius 3 is 1.86 bits per heavy atom. The molecule has 192 valence electrons. The van der Waals surface area contributed by atoms with Gasteiger partial charge < -0.3 is 0 Å². The maximum absolute atomic E-state index is 13.0. The fraction of sp³-hybridized carbons (Fsp3) is 0.290. The molecule has 3 aliphatic carbocycles. The molecule has 0 spiro atoms. The molecule has 3 aromatic carbocycles. The summed E-state index contributed by atoms with van der Waals surface area (Å²) < 4.78 is 78.1. The van der Waals surface area contributed by atoms with Gasteiger partial charge in [-0.05, 0) is 109 Å². The summed E-state index contributed by atoms with van der Waals surface area (Å²) in [5.41, 5.74) is 8.09. The van der Waals surface area contributed by atoms with Gasteiger partial charge in [-0.1, -0.05) is 53.6 Å². The molecule has 6 heteroatoms. The van der Waals surface area contributed by atoms with Crippen LogP contribution in [0.25, 0.3) is 23.3 Å². The van der Waals surface area contributed by atoms with Gasteiger partial charge in [0.05, 0.1) is 11.1 Å². The second kappa shape index (κ2) is 9.23. The maximum atomic E-state index is 13.0. The van der Waals surface area contributed by atoms with Gasteiger partial charge in [0.1, 0.15) is 0 Å². The lowest BCUT2D eigenvalue weighted by Gasteiger charge is -2.16. The van der Waals surface area contributed by atoms with E-state index >= 15 is 0 Å². The van der Waals surface area contributed by atoms with Crippen LogP contribution in [0.5, 0.6) is 0 Å². The molecule has 3 aromatic rings. The topological polar surface area (TPSA) is 0 Å². The van der Waals surface area contributed by atoms with Crippen LogP contribution in [0.15, 0.2) is 59.7 Å². The first kappa shape index (κ1) is 25.4. The van der Waals surface area contributed by atoms with E-state index in [4.69, 9.17) is 0 Å².